The van der Waals surface area contributed by atoms with E-state index in [0.29, 0.717) is 78.8 Å². The first kappa shape index (κ1) is 48.9. The van der Waals surface area contributed by atoms with E-state index in [1.807, 2.05) is 110 Å². The van der Waals surface area contributed by atoms with Crippen LogP contribution in [0.25, 0.3) is 32.3 Å². The molecule has 5 rings (SSSR count). The number of ether oxygens (including phenoxy) is 5. The molecule has 0 saturated carbocycles. The summed E-state index contributed by atoms with van der Waals surface area (Å²) < 4.78 is 28.1. The molecule has 1 aromatic heterocycles. The Morgan fingerprint density at radius 1 is 0.750 bits per heavy atom. The third kappa shape index (κ3) is 17.2. The van der Waals surface area contributed by atoms with E-state index >= 15 is 0 Å². The molecule has 2 N–H and O–H groups in total. The first-order chi connectivity index (χ1) is 31.3. The van der Waals surface area contributed by atoms with Gasteiger partial charge in [-0.15, -0.1) is 0 Å². The number of hydrogen-bond donors (Lipinski definition) is 2. The number of rotatable bonds is 31. The molecule has 5 aromatic rings. The summed E-state index contributed by atoms with van der Waals surface area (Å²) in [5.41, 5.74) is 13.9. The number of aromatic nitrogens is 1. The van der Waals surface area contributed by atoms with Gasteiger partial charge in [0, 0.05) is 47.5 Å². The number of fused-ring (bicyclic) bond motifs is 1. The topological polar surface area (TPSA) is 191 Å². The Morgan fingerprint density at radius 2 is 1.41 bits per heavy atom. The molecule has 2 atom stereocenters. The molecule has 1 amide bonds. The molecule has 338 valence electrons. The number of ketones is 1. The van der Waals surface area contributed by atoms with Crippen molar-refractivity contribution in [2.24, 2.45) is 5.11 Å². The number of azide groups is 1. The second-order valence-electron chi connectivity index (χ2n) is 15.3. The Balaban J connectivity index is 1.13. The lowest BCUT2D eigenvalue weighted by atomic mass is 9.86. The average Bonchev–Trinajstić information content (AvgIpc) is 3.30. The molecule has 0 saturated heterocycles. The number of carboxylic acids is 1. The molecule has 14 heteroatoms. The van der Waals surface area contributed by atoms with Crippen LogP contribution in [0.4, 0.5) is 0 Å². The molecule has 0 radical (unpaired) electrons. The Morgan fingerprint density at radius 3 is 2.08 bits per heavy atom. The smallest absolute Gasteiger partial charge is 0.303 e. The molecular weight excluding hydrogens is 815 g/mol. The molecule has 0 aliphatic rings. The van der Waals surface area contributed by atoms with Crippen molar-refractivity contribution in [1.82, 2.24) is 10.3 Å². The lowest BCUT2D eigenvalue weighted by Gasteiger charge is -2.22. The molecule has 0 aliphatic carbocycles. The number of pyridine rings is 1. The van der Waals surface area contributed by atoms with E-state index in [4.69, 9.17) is 29.2 Å². The molecule has 1 heterocycles. The molecule has 64 heavy (non-hydrogen) atoms. The SMILES string of the molecule is Cc1ccnc(CCCCC(=O)N[C@@H](Cc2ccccc2)C(=O)C[C@@H](CC(=O)O)c2ccc(-c3ccc(OCCOCCOCCOCCOCCN=[N+]=[N-])c4ccccc34)cc2)c1. The van der Waals surface area contributed by atoms with Crippen molar-refractivity contribution in [2.75, 3.05) is 66.0 Å². The van der Waals surface area contributed by atoms with E-state index in [0.717, 1.165) is 62.9 Å². The minimum absolute atomic E-state index is 0.0385. The van der Waals surface area contributed by atoms with Gasteiger partial charge in [0.15, 0.2) is 5.78 Å². The highest BCUT2D eigenvalue weighted by Crippen LogP contribution is 2.36. The van der Waals surface area contributed by atoms with Gasteiger partial charge in [-0.2, -0.15) is 0 Å². The standard InChI is InChI=1S/C50H59N5O9/c1-37-21-22-52-42(33-37)11-5-8-14-49(57)54-46(34-38-9-3-2-4-10-38)47(56)35-41(36-50(58)59)39-15-17-40(18-16-39)43-19-20-48(45-13-7-6-12-44(43)45)64-32-31-63-30-29-62-28-27-61-26-25-60-24-23-53-55-51/h2-4,6-7,9-10,12-13,15-22,33,41,46H,5,8,11,14,23-32,34-36H2,1H3,(H,54,57)(H,58,59)/t41-,46-/m0/s1. The molecule has 14 nitrogen and oxygen atoms in total. The summed E-state index contributed by atoms with van der Waals surface area (Å²) in [6, 6.07) is 32.4. The van der Waals surface area contributed by atoms with Gasteiger partial charge in [0.25, 0.3) is 0 Å². The number of carbonyl (C=O) groups is 3. The lowest BCUT2D eigenvalue weighted by molar-refractivity contribution is -0.137. The molecular formula is C50H59N5O9. The van der Waals surface area contributed by atoms with Gasteiger partial charge < -0.3 is 34.1 Å². The number of aryl methyl sites for hydroxylation is 2. The van der Waals surface area contributed by atoms with Crippen molar-refractivity contribution in [2.45, 2.75) is 63.8 Å². The summed E-state index contributed by atoms with van der Waals surface area (Å²) in [5, 5.41) is 18.3. The number of unbranched alkanes of at least 4 members (excludes halogenated alkanes) is 1. The van der Waals surface area contributed by atoms with Crippen molar-refractivity contribution in [1.29, 1.82) is 0 Å². The summed E-state index contributed by atoms with van der Waals surface area (Å²) in [6.07, 6.45) is 4.32. The third-order valence-corrected chi connectivity index (χ3v) is 10.5. The monoisotopic (exact) mass is 873 g/mol. The molecule has 0 aliphatic heterocycles. The minimum Gasteiger partial charge on any atom is -0.491 e. The number of benzene rings is 4. The summed E-state index contributed by atoms with van der Waals surface area (Å²) in [5.74, 6) is -1.28. The van der Waals surface area contributed by atoms with Crippen LogP contribution < -0.4 is 10.1 Å². The number of Topliss-reactive ketones (excluding diaryl/α,β-unsaturated/α-hetero) is 1. The van der Waals surface area contributed by atoms with E-state index in [2.05, 4.69) is 20.3 Å². The number of carbonyl (C=O) groups excluding carboxylic acids is 2. The fourth-order valence-electron chi connectivity index (χ4n) is 7.30. The van der Waals surface area contributed by atoms with Gasteiger partial charge in [0.05, 0.1) is 65.3 Å². The highest BCUT2D eigenvalue weighted by Gasteiger charge is 2.27. The van der Waals surface area contributed by atoms with Crippen LogP contribution in [0, 0.1) is 6.92 Å². The van der Waals surface area contributed by atoms with Crippen LogP contribution in [-0.2, 0) is 46.2 Å². The first-order valence-electron chi connectivity index (χ1n) is 21.9. The van der Waals surface area contributed by atoms with Crippen LogP contribution in [0.5, 0.6) is 5.75 Å². The average molecular weight is 874 g/mol. The second-order valence-corrected chi connectivity index (χ2v) is 15.3. The van der Waals surface area contributed by atoms with Crippen LogP contribution in [0.15, 0.2) is 114 Å². The summed E-state index contributed by atoms with van der Waals surface area (Å²) in [6.45, 7) is 6.02. The van der Waals surface area contributed by atoms with Gasteiger partial charge >= 0.3 is 5.97 Å². The Labute approximate surface area is 374 Å². The maximum atomic E-state index is 14.0. The minimum atomic E-state index is -1.00. The first-order valence-corrected chi connectivity index (χ1v) is 21.9. The lowest BCUT2D eigenvalue weighted by Crippen LogP contribution is -2.43. The van der Waals surface area contributed by atoms with Gasteiger partial charge in [0.1, 0.15) is 12.4 Å². The molecule has 4 aromatic carbocycles. The second kappa shape index (κ2) is 27.8. The number of nitrogens with zero attached hydrogens (tertiary/aromatic N) is 4. The van der Waals surface area contributed by atoms with Crippen molar-refractivity contribution in [3.8, 4) is 16.9 Å². The molecule has 0 bridgehead atoms. The molecule has 0 spiro atoms. The number of nitrogens with one attached hydrogen (secondary N) is 1. The van der Waals surface area contributed by atoms with Gasteiger partial charge in [-0.1, -0.05) is 90.0 Å². The quantitative estimate of drug-likeness (QED) is 0.0189. The highest BCUT2D eigenvalue weighted by atomic mass is 16.6. The maximum Gasteiger partial charge on any atom is 0.303 e. The predicted molar refractivity (Wildman–Crippen MR) is 245 cm³/mol. The largest absolute Gasteiger partial charge is 0.491 e. The van der Waals surface area contributed by atoms with E-state index in [9.17, 15) is 19.5 Å². The summed E-state index contributed by atoms with van der Waals surface area (Å²) >= 11 is 0. The molecule has 0 fully saturated rings. The van der Waals surface area contributed by atoms with Crippen LogP contribution in [0.2, 0.25) is 0 Å². The van der Waals surface area contributed by atoms with Gasteiger partial charge in [-0.25, -0.2) is 0 Å². The summed E-state index contributed by atoms with van der Waals surface area (Å²) in [4.78, 5) is 46.5. The van der Waals surface area contributed by atoms with E-state index < -0.39 is 17.9 Å². The van der Waals surface area contributed by atoms with Gasteiger partial charge in [0.2, 0.25) is 5.91 Å². The fraction of sp³-hybridized carbons (Fsp3) is 0.400. The number of aliphatic carboxylic acids is 1. The maximum absolute atomic E-state index is 14.0. The van der Waals surface area contributed by atoms with Gasteiger partial charge in [-0.3, -0.25) is 19.4 Å². The Kier molecular flexibility index (Phi) is 21.2. The number of carboxylic acid groups (broad SMARTS) is 1. The third-order valence-electron chi connectivity index (χ3n) is 10.5. The zero-order valence-corrected chi connectivity index (χ0v) is 36.6. The highest BCUT2D eigenvalue weighted by molar-refractivity contribution is 6.00. The van der Waals surface area contributed by atoms with E-state index in [-0.39, 0.29) is 31.0 Å². The zero-order valence-electron chi connectivity index (χ0n) is 36.6. The predicted octanol–water partition coefficient (Wildman–Crippen LogP) is 8.62. The Hall–Kier alpha value is -6.15. The fourth-order valence-corrected chi connectivity index (χ4v) is 7.30. The number of amides is 1. The van der Waals surface area contributed by atoms with Crippen LogP contribution >= 0.6 is 0 Å². The van der Waals surface area contributed by atoms with Crippen molar-refractivity contribution < 1.29 is 43.2 Å². The van der Waals surface area contributed by atoms with Crippen LogP contribution in [-0.4, -0.2) is 99.8 Å². The Bertz CT molecular complexity index is 2250. The van der Waals surface area contributed by atoms with Crippen LogP contribution in [0.3, 0.4) is 0 Å². The van der Waals surface area contributed by atoms with Crippen molar-refractivity contribution in [3.05, 3.63) is 142 Å². The van der Waals surface area contributed by atoms with Gasteiger partial charge in [-0.05, 0) is 89.5 Å². The zero-order chi connectivity index (χ0) is 45.2. The van der Waals surface area contributed by atoms with Crippen LogP contribution in [0.1, 0.15) is 60.4 Å². The van der Waals surface area contributed by atoms with Crippen molar-refractivity contribution in [3.63, 3.8) is 0 Å². The normalized spacial score (nSPS) is 12.0. The molecule has 0 unspecified atom stereocenters. The van der Waals surface area contributed by atoms with E-state index in [1.165, 1.54) is 0 Å². The van der Waals surface area contributed by atoms with E-state index in [1.54, 1.807) is 6.20 Å². The number of hydrogen-bond acceptors (Lipinski definition) is 10. The summed E-state index contributed by atoms with van der Waals surface area (Å²) in [7, 11) is 0. The van der Waals surface area contributed by atoms with Crippen molar-refractivity contribution >= 4 is 28.4 Å².